The van der Waals surface area contributed by atoms with E-state index in [1.54, 1.807) is 16.7 Å². The summed E-state index contributed by atoms with van der Waals surface area (Å²) in [5.74, 6) is -0.0237. The van der Waals surface area contributed by atoms with E-state index < -0.39 is 23.4 Å². The van der Waals surface area contributed by atoms with E-state index in [2.05, 4.69) is 15.1 Å². The number of piperidine rings is 1. The number of nitrogens with zero attached hydrogens (tertiary/aromatic N) is 4. The molecule has 2 aliphatic rings. The molecule has 0 spiro atoms. The number of halogens is 5. The van der Waals surface area contributed by atoms with Crippen LogP contribution in [0.25, 0.3) is 11.4 Å². The van der Waals surface area contributed by atoms with E-state index in [0.717, 1.165) is 62.4 Å². The molecule has 0 N–H and O–H groups in total. The van der Waals surface area contributed by atoms with Crippen LogP contribution in [-0.2, 0) is 25.1 Å². The van der Waals surface area contributed by atoms with Crippen LogP contribution in [0.5, 0.6) is 0 Å². The van der Waals surface area contributed by atoms with Crippen molar-refractivity contribution in [2.75, 3.05) is 19.6 Å². The minimum Gasteiger partial charge on any atom is -0.314 e. The maximum atomic E-state index is 13.5. The summed E-state index contributed by atoms with van der Waals surface area (Å²) in [5.41, 5.74) is 0.894. The lowest BCUT2D eigenvalue weighted by molar-refractivity contribution is -0.137. The lowest BCUT2D eigenvalue weighted by atomic mass is 9.94. The summed E-state index contributed by atoms with van der Waals surface area (Å²) in [6.45, 7) is 2.78. The Kier molecular flexibility index (Phi) is 5.70. The van der Waals surface area contributed by atoms with Gasteiger partial charge >= 0.3 is 6.18 Å². The van der Waals surface area contributed by atoms with Crippen LogP contribution in [0.3, 0.4) is 0 Å². The third kappa shape index (κ3) is 4.21. The van der Waals surface area contributed by atoms with Crippen molar-refractivity contribution >= 4 is 0 Å². The van der Waals surface area contributed by atoms with Gasteiger partial charge in [0.05, 0.1) is 5.56 Å². The SMILES string of the molecule is Cn1c(CCCCN2C[C@@H]3C[C@]3(c3ccc(C(F)(F)F)cc3)C2)nnc1-c1ccc(F)c(F)c1. The van der Waals surface area contributed by atoms with E-state index in [9.17, 15) is 22.0 Å². The van der Waals surface area contributed by atoms with Crippen molar-refractivity contribution in [1.82, 2.24) is 19.7 Å². The first-order valence-corrected chi connectivity index (χ1v) is 11.4. The molecule has 4 nitrogen and oxygen atoms in total. The van der Waals surface area contributed by atoms with Crippen molar-refractivity contribution in [2.45, 2.75) is 37.3 Å². The minimum atomic E-state index is -4.31. The highest BCUT2D eigenvalue weighted by Gasteiger charge is 2.60. The van der Waals surface area contributed by atoms with E-state index >= 15 is 0 Å². The molecule has 2 atom stereocenters. The third-order valence-electron chi connectivity index (χ3n) is 7.27. The molecule has 5 rings (SSSR count). The van der Waals surface area contributed by atoms with Crippen molar-refractivity contribution in [3.63, 3.8) is 0 Å². The monoisotopic (exact) mass is 476 g/mol. The zero-order valence-electron chi connectivity index (χ0n) is 18.7. The molecule has 1 aliphatic heterocycles. The van der Waals surface area contributed by atoms with Crippen LogP contribution in [0, 0.1) is 17.6 Å². The minimum absolute atomic E-state index is 0.00700. The average molecular weight is 476 g/mol. The molecular weight excluding hydrogens is 451 g/mol. The quantitative estimate of drug-likeness (QED) is 0.339. The molecule has 1 aromatic heterocycles. The van der Waals surface area contributed by atoms with Crippen molar-refractivity contribution < 1.29 is 22.0 Å². The molecule has 0 amide bonds. The highest BCUT2D eigenvalue weighted by molar-refractivity contribution is 5.55. The maximum absolute atomic E-state index is 13.5. The predicted molar refractivity (Wildman–Crippen MR) is 117 cm³/mol. The van der Waals surface area contributed by atoms with Gasteiger partial charge in [-0.25, -0.2) is 8.78 Å². The Hall–Kier alpha value is -2.81. The second-order valence-corrected chi connectivity index (χ2v) is 9.45. The second-order valence-electron chi connectivity index (χ2n) is 9.45. The summed E-state index contributed by atoms with van der Waals surface area (Å²) in [6, 6.07) is 9.36. The van der Waals surface area contributed by atoms with Crippen molar-refractivity contribution in [1.29, 1.82) is 0 Å². The topological polar surface area (TPSA) is 34.0 Å². The summed E-state index contributed by atoms with van der Waals surface area (Å²) < 4.78 is 67.1. The van der Waals surface area contributed by atoms with Crippen molar-refractivity contribution in [2.24, 2.45) is 13.0 Å². The molecule has 0 bridgehead atoms. The lowest BCUT2D eigenvalue weighted by Gasteiger charge is -2.21. The number of hydrogen-bond donors (Lipinski definition) is 0. The van der Waals surface area contributed by atoms with Crippen LogP contribution in [0.15, 0.2) is 42.5 Å². The maximum Gasteiger partial charge on any atom is 0.416 e. The molecule has 2 heterocycles. The summed E-state index contributed by atoms with van der Waals surface area (Å²) in [7, 11) is 1.81. The fourth-order valence-corrected chi connectivity index (χ4v) is 5.28. The molecule has 3 aromatic rings. The molecule has 1 saturated heterocycles. The fourth-order valence-electron chi connectivity index (χ4n) is 5.28. The Labute approximate surface area is 194 Å². The molecule has 0 unspecified atom stereocenters. The Morgan fingerprint density at radius 2 is 1.76 bits per heavy atom. The lowest BCUT2D eigenvalue weighted by Crippen LogP contribution is -2.27. The van der Waals surface area contributed by atoms with E-state index in [0.29, 0.717) is 23.7 Å². The Morgan fingerprint density at radius 1 is 1.00 bits per heavy atom. The van der Waals surface area contributed by atoms with Crippen molar-refractivity contribution in [3.05, 3.63) is 71.1 Å². The standard InChI is InChI=1S/C25H25F5N4/c1-33-22(31-32-23(33)16-5-10-20(26)21(27)12-16)4-2-3-11-34-14-19-13-24(19,15-34)17-6-8-18(9-7-17)25(28,29)30/h5-10,12,19H,2-4,11,13-15H2,1H3/t19-,24+/m0/s1. The van der Waals surface area contributed by atoms with Crippen LogP contribution >= 0.6 is 0 Å². The Bertz CT molecular complexity index is 1190. The van der Waals surface area contributed by atoms with Gasteiger partial charge in [-0.3, -0.25) is 0 Å². The first-order valence-electron chi connectivity index (χ1n) is 11.4. The Morgan fingerprint density at radius 3 is 2.47 bits per heavy atom. The number of unbranched alkanes of at least 4 members (excludes halogenated alkanes) is 1. The number of likely N-dealkylation sites (tertiary alicyclic amines) is 1. The molecule has 1 aliphatic carbocycles. The molecule has 9 heteroatoms. The number of fused-ring (bicyclic) bond motifs is 1. The van der Waals surface area contributed by atoms with Gasteiger partial charge in [0.25, 0.3) is 0 Å². The first-order chi connectivity index (χ1) is 16.2. The number of aromatic nitrogens is 3. The number of hydrogen-bond acceptors (Lipinski definition) is 3. The number of aryl methyl sites for hydroxylation is 1. The van der Waals surface area contributed by atoms with Crippen LogP contribution in [0.1, 0.15) is 36.2 Å². The number of rotatable bonds is 7. The zero-order chi connectivity index (χ0) is 24.1. The highest BCUT2D eigenvalue weighted by Crippen LogP contribution is 2.59. The molecule has 0 radical (unpaired) electrons. The summed E-state index contributed by atoms with van der Waals surface area (Å²) in [5, 5.41) is 8.35. The fraction of sp³-hybridized carbons (Fsp3) is 0.440. The van der Waals surface area contributed by atoms with E-state index in [1.807, 2.05) is 7.05 Å². The largest absolute Gasteiger partial charge is 0.416 e. The first kappa shape index (κ1) is 23.0. The van der Waals surface area contributed by atoms with Crippen LogP contribution in [0.4, 0.5) is 22.0 Å². The van der Waals surface area contributed by atoms with Gasteiger partial charge in [-0.05, 0) is 67.6 Å². The molecule has 34 heavy (non-hydrogen) atoms. The third-order valence-corrected chi connectivity index (χ3v) is 7.27. The van der Waals surface area contributed by atoms with Crippen LogP contribution in [-0.4, -0.2) is 39.3 Å². The molecule has 180 valence electrons. The van der Waals surface area contributed by atoms with Gasteiger partial charge in [0, 0.05) is 37.5 Å². The molecule has 2 fully saturated rings. The summed E-state index contributed by atoms with van der Waals surface area (Å²) >= 11 is 0. The van der Waals surface area contributed by atoms with Gasteiger partial charge in [-0.2, -0.15) is 13.2 Å². The number of benzene rings is 2. The smallest absolute Gasteiger partial charge is 0.314 e. The van der Waals surface area contributed by atoms with Gasteiger partial charge < -0.3 is 9.47 Å². The average Bonchev–Trinajstić information content (AvgIpc) is 3.17. The normalized spacial score (nSPS) is 22.2. The molecule has 2 aromatic carbocycles. The Balaban J connectivity index is 1.13. The van der Waals surface area contributed by atoms with E-state index in [4.69, 9.17) is 0 Å². The van der Waals surface area contributed by atoms with E-state index in [1.165, 1.54) is 18.2 Å². The zero-order valence-corrected chi connectivity index (χ0v) is 18.7. The summed E-state index contributed by atoms with van der Waals surface area (Å²) in [6.07, 6.45) is -0.685. The number of alkyl halides is 3. The summed E-state index contributed by atoms with van der Waals surface area (Å²) in [4.78, 5) is 2.40. The van der Waals surface area contributed by atoms with E-state index in [-0.39, 0.29) is 5.41 Å². The van der Waals surface area contributed by atoms with Gasteiger partial charge in [-0.15, -0.1) is 10.2 Å². The van der Waals surface area contributed by atoms with Crippen molar-refractivity contribution in [3.8, 4) is 11.4 Å². The van der Waals surface area contributed by atoms with Gasteiger partial charge in [-0.1, -0.05) is 12.1 Å². The predicted octanol–water partition coefficient (Wildman–Crippen LogP) is 5.38. The van der Waals surface area contributed by atoms with Crippen LogP contribution < -0.4 is 0 Å². The van der Waals surface area contributed by atoms with Gasteiger partial charge in [0.2, 0.25) is 0 Å². The second kappa shape index (κ2) is 8.45. The van der Waals surface area contributed by atoms with Gasteiger partial charge in [0.15, 0.2) is 17.5 Å². The van der Waals surface area contributed by atoms with Crippen LogP contribution in [0.2, 0.25) is 0 Å². The molecular formula is C25H25F5N4. The molecule has 1 saturated carbocycles. The van der Waals surface area contributed by atoms with Gasteiger partial charge in [0.1, 0.15) is 5.82 Å². The highest BCUT2D eigenvalue weighted by atomic mass is 19.4.